The number of nitrogens with zero attached hydrogens (tertiary/aromatic N) is 3. The van der Waals surface area contributed by atoms with Gasteiger partial charge in [-0.2, -0.15) is 18.3 Å². The van der Waals surface area contributed by atoms with Crippen molar-refractivity contribution < 1.29 is 23.1 Å². The Kier molecular flexibility index (Phi) is 3.27. The number of anilines is 1. The van der Waals surface area contributed by atoms with E-state index < -0.39 is 24.2 Å². The molecule has 2 aromatic heterocycles. The van der Waals surface area contributed by atoms with Crippen LogP contribution in [0.1, 0.15) is 34.4 Å². The van der Waals surface area contributed by atoms with Crippen LogP contribution < -0.4 is 5.32 Å². The van der Waals surface area contributed by atoms with Crippen LogP contribution in [0.2, 0.25) is 0 Å². The van der Waals surface area contributed by atoms with Gasteiger partial charge in [0, 0.05) is 18.8 Å². The van der Waals surface area contributed by atoms with Crippen molar-refractivity contribution in [2.24, 2.45) is 0 Å². The summed E-state index contributed by atoms with van der Waals surface area (Å²) in [6.07, 6.45) is -0.921. The van der Waals surface area contributed by atoms with Gasteiger partial charge in [-0.3, -0.25) is 4.98 Å². The Morgan fingerprint density at radius 3 is 2.77 bits per heavy atom. The van der Waals surface area contributed by atoms with E-state index in [1.54, 1.807) is 12.1 Å². The molecular weight excluding hydrogens is 301 g/mol. The van der Waals surface area contributed by atoms with Crippen molar-refractivity contribution >= 4 is 11.8 Å². The van der Waals surface area contributed by atoms with Gasteiger partial charge in [0.25, 0.3) is 0 Å². The minimum Gasteiger partial charge on any atom is -0.477 e. The van der Waals surface area contributed by atoms with Crippen LogP contribution in [0.25, 0.3) is 0 Å². The molecule has 22 heavy (non-hydrogen) atoms. The molecule has 2 atom stereocenters. The second kappa shape index (κ2) is 5.00. The number of halogens is 3. The zero-order valence-corrected chi connectivity index (χ0v) is 11.1. The first-order valence-electron chi connectivity index (χ1n) is 6.42. The van der Waals surface area contributed by atoms with Crippen molar-refractivity contribution in [1.29, 1.82) is 0 Å². The number of pyridine rings is 1. The van der Waals surface area contributed by atoms with Crippen LogP contribution in [0.3, 0.4) is 0 Å². The molecule has 2 unspecified atom stereocenters. The number of hydrogen-bond donors (Lipinski definition) is 2. The molecule has 0 amide bonds. The molecule has 1 aliphatic rings. The van der Waals surface area contributed by atoms with E-state index in [9.17, 15) is 18.0 Å². The van der Waals surface area contributed by atoms with Gasteiger partial charge in [-0.25, -0.2) is 9.48 Å². The maximum absolute atomic E-state index is 13.3. The Hall–Kier alpha value is -2.58. The summed E-state index contributed by atoms with van der Waals surface area (Å²) in [5.74, 6) is -1.48. The van der Waals surface area contributed by atoms with Crippen molar-refractivity contribution in [2.45, 2.75) is 24.7 Å². The van der Waals surface area contributed by atoms with E-state index in [0.29, 0.717) is 10.2 Å². The molecule has 3 rings (SSSR count). The van der Waals surface area contributed by atoms with Crippen molar-refractivity contribution in [2.75, 3.05) is 5.32 Å². The van der Waals surface area contributed by atoms with Gasteiger partial charge in [-0.15, -0.1) is 0 Å². The van der Waals surface area contributed by atoms with Gasteiger partial charge in [-0.05, 0) is 11.6 Å². The van der Waals surface area contributed by atoms with Gasteiger partial charge in [-0.1, -0.05) is 6.07 Å². The predicted molar refractivity (Wildman–Crippen MR) is 69.5 cm³/mol. The van der Waals surface area contributed by atoms with E-state index in [1.807, 2.05) is 0 Å². The molecule has 6 nitrogen and oxygen atoms in total. The summed E-state index contributed by atoms with van der Waals surface area (Å²) >= 11 is 0. The van der Waals surface area contributed by atoms with E-state index in [-0.39, 0.29) is 17.8 Å². The Labute approximate surface area is 122 Å². The van der Waals surface area contributed by atoms with E-state index >= 15 is 0 Å². The number of rotatable bonds is 2. The Morgan fingerprint density at radius 2 is 2.18 bits per heavy atom. The monoisotopic (exact) mass is 312 g/mol. The lowest BCUT2D eigenvalue weighted by molar-refractivity contribution is -0.173. The summed E-state index contributed by atoms with van der Waals surface area (Å²) in [5, 5.41) is 15.5. The third-order valence-corrected chi connectivity index (χ3v) is 3.56. The first-order chi connectivity index (χ1) is 10.4. The number of nitrogens with one attached hydrogen (secondary N) is 1. The summed E-state index contributed by atoms with van der Waals surface area (Å²) in [4.78, 5) is 15.0. The third kappa shape index (κ3) is 2.38. The number of carboxylic acid groups (broad SMARTS) is 1. The Morgan fingerprint density at radius 1 is 1.41 bits per heavy atom. The first kappa shape index (κ1) is 14.4. The van der Waals surface area contributed by atoms with Crippen LogP contribution in [0, 0.1) is 0 Å². The van der Waals surface area contributed by atoms with Crippen molar-refractivity contribution in [3.8, 4) is 0 Å². The fourth-order valence-corrected chi connectivity index (χ4v) is 2.52. The second-order valence-corrected chi connectivity index (χ2v) is 4.93. The SMILES string of the molecule is O=C(O)c1cnn2c1NC(c1cccnc1)CC2C(F)(F)F. The standard InChI is InChI=1S/C13H11F3N4O2/c14-13(15,16)10-4-9(7-2-1-3-17-5-7)19-11-8(12(21)22)6-18-20(10)11/h1-3,5-6,9-10,19H,4H2,(H,21,22). The lowest BCUT2D eigenvalue weighted by Crippen LogP contribution is -2.36. The van der Waals surface area contributed by atoms with E-state index in [2.05, 4.69) is 15.4 Å². The molecule has 3 heterocycles. The second-order valence-electron chi connectivity index (χ2n) is 4.93. The van der Waals surface area contributed by atoms with Gasteiger partial charge in [0.05, 0.1) is 12.2 Å². The highest BCUT2D eigenvalue weighted by Gasteiger charge is 2.47. The van der Waals surface area contributed by atoms with E-state index in [4.69, 9.17) is 5.11 Å². The summed E-state index contributed by atoms with van der Waals surface area (Å²) < 4.78 is 40.5. The first-order valence-corrected chi connectivity index (χ1v) is 6.42. The zero-order valence-electron chi connectivity index (χ0n) is 11.1. The molecule has 9 heteroatoms. The maximum Gasteiger partial charge on any atom is 0.410 e. The number of carbonyl (C=O) groups is 1. The lowest BCUT2D eigenvalue weighted by Gasteiger charge is -2.33. The van der Waals surface area contributed by atoms with Crippen molar-refractivity contribution in [3.05, 3.63) is 41.9 Å². The number of fused-ring (bicyclic) bond motifs is 1. The molecule has 0 radical (unpaired) electrons. The summed E-state index contributed by atoms with van der Waals surface area (Å²) in [6.45, 7) is 0. The highest BCUT2D eigenvalue weighted by atomic mass is 19.4. The van der Waals surface area contributed by atoms with Crippen LogP contribution >= 0.6 is 0 Å². The molecule has 0 saturated heterocycles. The number of aromatic carboxylic acids is 1. The molecule has 1 aliphatic heterocycles. The summed E-state index contributed by atoms with van der Waals surface area (Å²) in [7, 11) is 0. The molecular formula is C13H11F3N4O2. The molecule has 2 N–H and O–H groups in total. The predicted octanol–water partition coefficient (Wildman–Crippen LogP) is 2.64. The van der Waals surface area contributed by atoms with Crippen LogP contribution in [0.4, 0.5) is 19.0 Å². The Balaban J connectivity index is 2.07. The normalized spacial score (nSPS) is 21.0. The minimum atomic E-state index is -4.53. The molecule has 0 saturated carbocycles. The topological polar surface area (TPSA) is 80.0 Å². The number of alkyl halides is 3. The molecule has 2 aromatic rings. The average Bonchev–Trinajstić information content (AvgIpc) is 2.90. The molecule has 0 bridgehead atoms. The van der Waals surface area contributed by atoms with Crippen molar-refractivity contribution in [1.82, 2.24) is 14.8 Å². The quantitative estimate of drug-likeness (QED) is 0.891. The fraction of sp³-hybridized carbons (Fsp3) is 0.308. The Bertz CT molecular complexity index is 699. The average molecular weight is 312 g/mol. The number of carboxylic acids is 1. The van der Waals surface area contributed by atoms with Crippen LogP contribution in [-0.2, 0) is 0 Å². The van der Waals surface area contributed by atoms with Gasteiger partial charge in [0.1, 0.15) is 11.4 Å². The van der Waals surface area contributed by atoms with Crippen LogP contribution in [0.15, 0.2) is 30.7 Å². The highest BCUT2D eigenvalue weighted by Crippen LogP contribution is 2.44. The van der Waals surface area contributed by atoms with Gasteiger partial charge >= 0.3 is 12.1 Å². The lowest BCUT2D eigenvalue weighted by atomic mass is 9.98. The molecule has 0 aliphatic carbocycles. The molecule has 0 fully saturated rings. The van der Waals surface area contributed by atoms with Gasteiger partial charge in [0.2, 0.25) is 0 Å². The highest BCUT2D eigenvalue weighted by molar-refractivity contribution is 5.93. The minimum absolute atomic E-state index is 0.144. The summed E-state index contributed by atoms with van der Waals surface area (Å²) in [6, 6.07) is 0.679. The van der Waals surface area contributed by atoms with Crippen molar-refractivity contribution in [3.63, 3.8) is 0 Å². The maximum atomic E-state index is 13.3. The number of hydrogen-bond acceptors (Lipinski definition) is 4. The van der Waals surface area contributed by atoms with Gasteiger partial charge in [0.15, 0.2) is 6.04 Å². The largest absolute Gasteiger partial charge is 0.477 e. The van der Waals surface area contributed by atoms with Gasteiger partial charge < -0.3 is 10.4 Å². The van der Waals surface area contributed by atoms with Crippen LogP contribution in [-0.4, -0.2) is 32.0 Å². The molecule has 0 spiro atoms. The summed E-state index contributed by atoms with van der Waals surface area (Å²) in [5.41, 5.74) is 0.267. The molecule has 116 valence electrons. The van der Waals surface area contributed by atoms with E-state index in [0.717, 1.165) is 6.20 Å². The third-order valence-electron chi connectivity index (χ3n) is 3.56. The zero-order chi connectivity index (χ0) is 15.9. The molecule has 0 aromatic carbocycles. The fourth-order valence-electron chi connectivity index (χ4n) is 2.52. The van der Waals surface area contributed by atoms with Crippen LogP contribution in [0.5, 0.6) is 0 Å². The number of aromatic nitrogens is 3. The smallest absolute Gasteiger partial charge is 0.410 e. The van der Waals surface area contributed by atoms with E-state index in [1.165, 1.54) is 12.4 Å².